The molecule has 0 bridgehead atoms. The predicted molar refractivity (Wildman–Crippen MR) is 80.2 cm³/mol. The highest BCUT2D eigenvalue weighted by Crippen LogP contribution is 2.26. The fourth-order valence-corrected chi connectivity index (χ4v) is 2.77. The largest absolute Gasteiger partial charge is 0.330 e. The molecule has 0 spiro atoms. The maximum Gasteiger partial charge on any atom is 0.0212 e. The first kappa shape index (κ1) is 13.2. The van der Waals surface area contributed by atoms with Crippen molar-refractivity contribution in [2.45, 2.75) is 17.7 Å². The van der Waals surface area contributed by atoms with Crippen LogP contribution in [0.1, 0.15) is 24.0 Å². The summed E-state index contributed by atoms with van der Waals surface area (Å²) in [5.41, 5.74) is 8.51. The van der Waals surface area contributed by atoms with Crippen LogP contribution in [0.5, 0.6) is 0 Å². The maximum atomic E-state index is 5.93. The Bertz CT molecular complexity index is 464. The molecule has 1 unspecified atom stereocenters. The van der Waals surface area contributed by atoms with Gasteiger partial charge in [-0.05, 0) is 29.0 Å². The maximum absolute atomic E-state index is 5.93. The number of benzene rings is 2. The minimum Gasteiger partial charge on any atom is -0.330 e. The monoisotopic (exact) mass is 257 g/mol. The van der Waals surface area contributed by atoms with E-state index in [0.29, 0.717) is 12.5 Å². The van der Waals surface area contributed by atoms with Gasteiger partial charge in [-0.3, -0.25) is 0 Å². The number of hydrogen-bond acceptors (Lipinski definition) is 2. The van der Waals surface area contributed by atoms with E-state index < -0.39 is 0 Å². The van der Waals surface area contributed by atoms with Crippen molar-refractivity contribution in [1.29, 1.82) is 0 Å². The molecule has 2 rings (SSSR count). The molecule has 1 nitrogen and oxygen atoms in total. The topological polar surface area (TPSA) is 26.0 Å². The highest BCUT2D eigenvalue weighted by atomic mass is 32.2. The van der Waals surface area contributed by atoms with Crippen molar-refractivity contribution in [1.82, 2.24) is 0 Å². The van der Waals surface area contributed by atoms with Gasteiger partial charge in [-0.1, -0.05) is 49.4 Å². The summed E-state index contributed by atoms with van der Waals surface area (Å²) in [6.07, 6.45) is 0. The van der Waals surface area contributed by atoms with E-state index in [4.69, 9.17) is 5.73 Å². The first-order valence-electron chi connectivity index (χ1n) is 6.33. The van der Waals surface area contributed by atoms with Crippen LogP contribution in [0, 0.1) is 0 Å². The number of thioether (sulfide) groups is 1. The molecule has 0 radical (unpaired) electrons. The zero-order chi connectivity index (χ0) is 12.8. The van der Waals surface area contributed by atoms with E-state index in [1.807, 2.05) is 17.8 Å². The molecule has 0 saturated carbocycles. The molecule has 2 heteroatoms. The Hall–Kier alpha value is -1.25. The van der Waals surface area contributed by atoms with Crippen molar-refractivity contribution in [2.75, 3.05) is 12.3 Å². The van der Waals surface area contributed by atoms with Crippen LogP contribution in [0.15, 0.2) is 59.5 Å². The van der Waals surface area contributed by atoms with Gasteiger partial charge in [-0.25, -0.2) is 0 Å². The summed E-state index contributed by atoms with van der Waals surface area (Å²) in [6.45, 7) is 2.81. The molecule has 2 N–H and O–H groups in total. The number of nitrogens with two attached hydrogens (primary N) is 1. The molecule has 0 aliphatic carbocycles. The molecule has 1 atom stereocenters. The average molecular weight is 257 g/mol. The molecule has 0 aliphatic rings. The molecule has 0 amide bonds. The highest BCUT2D eigenvalue weighted by Gasteiger charge is 2.11. The van der Waals surface area contributed by atoms with Crippen LogP contribution in [0.3, 0.4) is 0 Å². The van der Waals surface area contributed by atoms with Gasteiger partial charge in [0.15, 0.2) is 0 Å². The lowest BCUT2D eigenvalue weighted by molar-refractivity contribution is 0.818. The molecule has 0 saturated heterocycles. The van der Waals surface area contributed by atoms with Crippen LogP contribution in [-0.4, -0.2) is 12.3 Å². The molecule has 94 valence electrons. The first-order chi connectivity index (χ1) is 8.85. The summed E-state index contributed by atoms with van der Waals surface area (Å²) in [5.74, 6) is 1.41. The Labute approximate surface area is 113 Å². The zero-order valence-corrected chi connectivity index (χ0v) is 11.5. The molecule has 18 heavy (non-hydrogen) atoms. The van der Waals surface area contributed by atoms with Crippen molar-refractivity contribution >= 4 is 11.8 Å². The molecule has 0 aromatic heterocycles. The van der Waals surface area contributed by atoms with Gasteiger partial charge >= 0.3 is 0 Å². The van der Waals surface area contributed by atoms with Crippen LogP contribution in [0.25, 0.3) is 0 Å². The molecular formula is C16H19NS. The zero-order valence-electron chi connectivity index (χ0n) is 10.7. The summed E-state index contributed by atoms with van der Waals surface area (Å²) in [6, 6.07) is 19.2. The average Bonchev–Trinajstić information content (AvgIpc) is 2.43. The molecule has 2 aromatic carbocycles. The lowest BCUT2D eigenvalue weighted by atomic mass is 9.91. The van der Waals surface area contributed by atoms with Crippen molar-refractivity contribution in [3.05, 3.63) is 65.7 Å². The summed E-state index contributed by atoms with van der Waals surface area (Å²) in [5, 5.41) is 0. The van der Waals surface area contributed by atoms with Crippen molar-refractivity contribution in [3.63, 3.8) is 0 Å². The lowest BCUT2D eigenvalue weighted by Gasteiger charge is -2.16. The summed E-state index contributed by atoms with van der Waals surface area (Å²) in [7, 11) is 0. The smallest absolute Gasteiger partial charge is 0.0212 e. The third kappa shape index (κ3) is 3.15. The third-order valence-electron chi connectivity index (χ3n) is 3.03. The lowest BCUT2D eigenvalue weighted by Crippen LogP contribution is -2.13. The van der Waals surface area contributed by atoms with Crippen LogP contribution in [0.2, 0.25) is 0 Å². The molecule has 0 aliphatic heterocycles. The first-order valence-corrected chi connectivity index (χ1v) is 7.31. The van der Waals surface area contributed by atoms with Crippen molar-refractivity contribution < 1.29 is 0 Å². The van der Waals surface area contributed by atoms with Gasteiger partial charge in [0.1, 0.15) is 0 Å². The van der Waals surface area contributed by atoms with E-state index in [2.05, 4.69) is 55.5 Å². The van der Waals surface area contributed by atoms with Gasteiger partial charge < -0.3 is 5.73 Å². The molecule has 0 fully saturated rings. The Morgan fingerprint density at radius 3 is 2.11 bits per heavy atom. The second kappa shape index (κ2) is 6.62. The minimum absolute atomic E-state index is 0.298. The van der Waals surface area contributed by atoms with Crippen molar-refractivity contribution in [2.24, 2.45) is 5.73 Å². The van der Waals surface area contributed by atoms with E-state index in [-0.39, 0.29) is 0 Å². The summed E-state index contributed by atoms with van der Waals surface area (Å²) >= 11 is 1.87. The predicted octanol–water partition coefficient (Wildman–Crippen LogP) is 3.89. The van der Waals surface area contributed by atoms with E-state index in [9.17, 15) is 0 Å². The Kier molecular flexibility index (Phi) is 4.85. The van der Waals surface area contributed by atoms with Crippen LogP contribution >= 0.6 is 11.8 Å². The minimum atomic E-state index is 0.298. The summed E-state index contributed by atoms with van der Waals surface area (Å²) in [4.78, 5) is 1.32. The highest BCUT2D eigenvalue weighted by molar-refractivity contribution is 7.99. The standard InChI is InChI=1S/C16H19NS/c1-2-18-15-10-8-14(9-11-15)16(12-17)13-6-4-3-5-7-13/h3-11,16H,2,12,17H2,1H3. The third-order valence-corrected chi connectivity index (χ3v) is 3.93. The fraction of sp³-hybridized carbons (Fsp3) is 0.250. The SMILES string of the molecule is CCSc1ccc(C(CN)c2ccccc2)cc1. The molecule has 0 heterocycles. The second-order valence-corrected chi connectivity index (χ2v) is 5.54. The van der Waals surface area contributed by atoms with Gasteiger partial charge in [-0.15, -0.1) is 11.8 Å². The van der Waals surface area contributed by atoms with Gasteiger partial charge in [-0.2, -0.15) is 0 Å². The van der Waals surface area contributed by atoms with Crippen LogP contribution in [-0.2, 0) is 0 Å². The molecule has 2 aromatic rings. The Morgan fingerprint density at radius 1 is 0.944 bits per heavy atom. The van der Waals surface area contributed by atoms with Gasteiger partial charge in [0.2, 0.25) is 0 Å². The van der Waals surface area contributed by atoms with Gasteiger partial charge in [0.05, 0.1) is 0 Å². The number of rotatable bonds is 5. The van der Waals surface area contributed by atoms with Gasteiger partial charge in [0, 0.05) is 17.4 Å². The normalized spacial score (nSPS) is 12.3. The Morgan fingerprint density at radius 2 is 1.56 bits per heavy atom. The van der Waals surface area contributed by atoms with Crippen molar-refractivity contribution in [3.8, 4) is 0 Å². The van der Waals surface area contributed by atoms with Crippen LogP contribution in [0.4, 0.5) is 0 Å². The fourth-order valence-electron chi connectivity index (χ4n) is 2.11. The van der Waals surface area contributed by atoms with Gasteiger partial charge in [0.25, 0.3) is 0 Å². The summed E-state index contributed by atoms with van der Waals surface area (Å²) < 4.78 is 0. The van der Waals surface area contributed by atoms with E-state index in [1.54, 1.807) is 0 Å². The number of hydrogen-bond donors (Lipinski definition) is 1. The quantitative estimate of drug-likeness (QED) is 0.822. The van der Waals surface area contributed by atoms with E-state index in [1.165, 1.54) is 16.0 Å². The van der Waals surface area contributed by atoms with Crippen LogP contribution < -0.4 is 5.73 Å². The molecular weight excluding hydrogens is 238 g/mol. The second-order valence-electron chi connectivity index (χ2n) is 4.20. The van der Waals surface area contributed by atoms with E-state index in [0.717, 1.165) is 5.75 Å². The Balaban J connectivity index is 2.23. The van der Waals surface area contributed by atoms with E-state index >= 15 is 0 Å².